The van der Waals surface area contributed by atoms with Crippen LogP contribution in [0.5, 0.6) is 0 Å². The van der Waals surface area contributed by atoms with E-state index in [0.29, 0.717) is 5.92 Å². The predicted molar refractivity (Wildman–Crippen MR) is 68.5 cm³/mol. The molecule has 2 bridgehead atoms. The Labute approximate surface area is 108 Å². The molecule has 0 radical (unpaired) electrons. The average molecular weight is 247 g/mol. The normalized spacial score (nSPS) is 46.2. The van der Waals surface area contributed by atoms with Gasteiger partial charge in [0.05, 0.1) is 11.8 Å². The number of fused-ring (bicyclic) bond motifs is 1. The Morgan fingerprint density at radius 3 is 2.28 bits per heavy atom. The number of allylic oxidation sites excluding steroid dienone is 2. The van der Waals surface area contributed by atoms with Gasteiger partial charge in [0, 0.05) is 12.5 Å². The number of nitrogens with zero attached hydrogens (tertiary/aromatic N) is 1. The summed E-state index contributed by atoms with van der Waals surface area (Å²) in [6.45, 7) is 6.48. The smallest absolute Gasteiger partial charge is 0.233 e. The van der Waals surface area contributed by atoms with Gasteiger partial charge >= 0.3 is 0 Å². The van der Waals surface area contributed by atoms with Crippen LogP contribution in [0.4, 0.5) is 0 Å². The van der Waals surface area contributed by atoms with Gasteiger partial charge in [0.15, 0.2) is 0 Å². The van der Waals surface area contributed by atoms with Crippen molar-refractivity contribution in [3.63, 3.8) is 0 Å². The third-order valence-electron chi connectivity index (χ3n) is 5.76. The van der Waals surface area contributed by atoms with Crippen molar-refractivity contribution in [3.05, 3.63) is 12.2 Å². The Bertz CT molecular complexity index is 467. The van der Waals surface area contributed by atoms with Crippen LogP contribution in [0.3, 0.4) is 0 Å². The fraction of sp³-hybridized carbons (Fsp3) is 0.733. The maximum Gasteiger partial charge on any atom is 0.233 e. The number of likely N-dealkylation sites (tertiary alicyclic amines) is 1. The van der Waals surface area contributed by atoms with Crippen LogP contribution in [0, 0.1) is 28.6 Å². The lowest BCUT2D eigenvalue weighted by Crippen LogP contribution is -2.53. The second kappa shape index (κ2) is 3.25. The molecule has 1 saturated carbocycles. The minimum Gasteiger partial charge on any atom is -0.285 e. The van der Waals surface area contributed by atoms with E-state index in [2.05, 4.69) is 32.9 Å². The van der Waals surface area contributed by atoms with Crippen molar-refractivity contribution >= 4 is 11.8 Å². The first-order valence-electron chi connectivity index (χ1n) is 6.85. The molecule has 0 spiro atoms. The Hall–Kier alpha value is -1.12. The molecule has 0 aromatic rings. The number of rotatable bonds is 1. The second-order valence-electron chi connectivity index (χ2n) is 6.80. The number of imide groups is 1. The van der Waals surface area contributed by atoms with E-state index in [-0.39, 0.29) is 34.5 Å². The molecule has 18 heavy (non-hydrogen) atoms. The van der Waals surface area contributed by atoms with Crippen LogP contribution < -0.4 is 0 Å². The van der Waals surface area contributed by atoms with Gasteiger partial charge < -0.3 is 0 Å². The molecule has 1 saturated heterocycles. The summed E-state index contributed by atoms with van der Waals surface area (Å²) in [5.74, 6) is 0.208. The van der Waals surface area contributed by atoms with Crippen molar-refractivity contribution in [1.29, 1.82) is 0 Å². The maximum absolute atomic E-state index is 12.5. The predicted octanol–water partition coefficient (Wildman–Crippen LogP) is 2.23. The third-order valence-corrected chi connectivity index (χ3v) is 5.76. The number of hydrogen-bond acceptors (Lipinski definition) is 2. The Morgan fingerprint density at radius 1 is 1.17 bits per heavy atom. The van der Waals surface area contributed by atoms with E-state index >= 15 is 0 Å². The van der Waals surface area contributed by atoms with E-state index in [1.807, 2.05) is 0 Å². The highest BCUT2D eigenvalue weighted by molar-refractivity contribution is 6.06. The van der Waals surface area contributed by atoms with Crippen molar-refractivity contribution in [2.24, 2.45) is 28.6 Å². The first kappa shape index (κ1) is 11.9. The molecule has 0 N–H and O–H groups in total. The van der Waals surface area contributed by atoms with Crippen LogP contribution in [-0.4, -0.2) is 23.8 Å². The summed E-state index contributed by atoms with van der Waals surface area (Å²) >= 11 is 0. The first-order chi connectivity index (χ1) is 8.33. The molecule has 4 rings (SSSR count). The lowest BCUT2D eigenvalue weighted by molar-refractivity contribution is -0.139. The molecule has 2 fully saturated rings. The quantitative estimate of drug-likeness (QED) is 0.526. The van der Waals surface area contributed by atoms with Crippen LogP contribution in [0.15, 0.2) is 12.2 Å². The number of carbonyl (C=O) groups excluding carboxylic acids is 2. The zero-order valence-corrected chi connectivity index (χ0v) is 11.6. The molecular formula is C15H21NO2. The molecule has 4 atom stereocenters. The van der Waals surface area contributed by atoms with Gasteiger partial charge in [0.25, 0.3) is 0 Å². The summed E-state index contributed by atoms with van der Waals surface area (Å²) in [6, 6.07) is 0. The Morgan fingerprint density at radius 2 is 1.78 bits per heavy atom. The Balaban J connectivity index is 2.19. The molecule has 4 aliphatic rings. The number of carbonyl (C=O) groups is 2. The number of hydrogen-bond donors (Lipinski definition) is 0. The lowest BCUT2D eigenvalue weighted by atomic mass is 9.46. The first-order valence-corrected chi connectivity index (χ1v) is 6.85. The van der Waals surface area contributed by atoms with Crippen molar-refractivity contribution in [1.82, 2.24) is 4.90 Å². The van der Waals surface area contributed by atoms with Crippen molar-refractivity contribution < 1.29 is 9.59 Å². The summed E-state index contributed by atoms with van der Waals surface area (Å²) < 4.78 is 0. The van der Waals surface area contributed by atoms with E-state index < -0.39 is 0 Å². The highest BCUT2D eigenvalue weighted by atomic mass is 16.2. The van der Waals surface area contributed by atoms with Gasteiger partial charge in [0.1, 0.15) is 0 Å². The molecule has 0 aromatic carbocycles. The van der Waals surface area contributed by atoms with Crippen molar-refractivity contribution in [3.8, 4) is 0 Å². The van der Waals surface area contributed by atoms with E-state index in [1.165, 1.54) is 4.90 Å². The topological polar surface area (TPSA) is 37.4 Å². The lowest BCUT2D eigenvalue weighted by Gasteiger charge is -2.55. The fourth-order valence-corrected chi connectivity index (χ4v) is 4.37. The van der Waals surface area contributed by atoms with Crippen LogP contribution in [-0.2, 0) is 9.59 Å². The minimum absolute atomic E-state index is 0.0292. The molecule has 3 nitrogen and oxygen atoms in total. The SMILES string of the molecule is CC(C)[C@]12C=C[C@](C)(CC1)[C@H]1C(=O)N(C)C(=O)[C@@H]12. The third kappa shape index (κ3) is 1.11. The summed E-state index contributed by atoms with van der Waals surface area (Å²) in [6.07, 6.45) is 6.51. The standard InChI is InChI=1S/C15H21NO2/c1-9(2)15-7-5-14(3,6-8-15)10-11(15)13(18)16(4)12(10)17/h5,7,9-11H,6,8H2,1-4H3/t10-,11-,14-,15+/m1/s1. The zero-order chi connectivity index (χ0) is 13.3. The van der Waals surface area contributed by atoms with Gasteiger partial charge in [-0.25, -0.2) is 0 Å². The molecule has 0 unspecified atom stereocenters. The zero-order valence-electron chi connectivity index (χ0n) is 11.6. The van der Waals surface area contributed by atoms with Gasteiger partial charge in [-0.3, -0.25) is 14.5 Å². The van der Waals surface area contributed by atoms with E-state index in [0.717, 1.165) is 12.8 Å². The largest absolute Gasteiger partial charge is 0.285 e. The summed E-state index contributed by atoms with van der Waals surface area (Å²) in [4.78, 5) is 26.2. The van der Waals surface area contributed by atoms with Gasteiger partial charge in [-0.2, -0.15) is 0 Å². The van der Waals surface area contributed by atoms with Gasteiger partial charge in [-0.1, -0.05) is 32.9 Å². The molecule has 98 valence electrons. The van der Waals surface area contributed by atoms with Gasteiger partial charge in [-0.05, 0) is 24.2 Å². The molecule has 3 aliphatic carbocycles. The van der Waals surface area contributed by atoms with Crippen molar-refractivity contribution in [2.45, 2.75) is 33.6 Å². The van der Waals surface area contributed by atoms with Crippen LogP contribution in [0.1, 0.15) is 33.6 Å². The maximum atomic E-state index is 12.5. The summed E-state index contributed by atoms with van der Waals surface area (Å²) in [5.41, 5.74) is -0.210. The molecule has 0 aromatic heterocycles. The van der Waals surface area contributed by atoms with Gasteiger partial charge in [0.2, 0.25) is 11.8 Å². The van der Waals surface area contributed by atoms with Crippen LogP contribution in [0.2, 0.25) is 0 Å². The summed E-state index contributed by atoms with van der Waals surface area (Å²) in [5, 5.41) is 0. The van der Waals surface area contributed by atoms with Crippen LogP contribution in [0.25, 0.3) is 0 Å². The molecule has 2 amide bonds. The fourth-order valence-electron chi connectivity index (χ4n) is 4.37. The van der Waals surface area contributed by atoms with E-state index in [9.17, 15) is 9.59 Å². The average Bonchev–Trinajstić information content (AvgIpc) is 2.57. The number of amides is 2. The van der Waals surface area contributed by atoms with Gasteiger partial charge in [-0.15, -0.1) is 0 Å². The van der Waals surface area contributed by atoms with E-state index in [4.69, 9.17) is 0 Å². The summed E-state index contributed by atoms with van der Waals surface area (Å²) in [7, 11) is 1.64. The molecule has 3 heteroatoms. The van der Waals surface area contributed by atoms with Crippen LogP contribution >= 0.6 is 0 Å². The second-order valence-corrected chi connectivity index (χ2v) is 6.80. The minimum atomic E-state index is -0.129. The van der Waals surface area contributed by atoms with E-state index in [1.54, 1.807) is 7.05 Å². The molecule has 1 heterocycles. The highest BCUT2D eigenvalue weighted by Crippen LogP contribution is 2.63. The van der Waals surface area contributed by atoms with Crippen molar-refractivity contribution in [2.75, 3.05) is 7.05 Å². The molecule has 1 aliphatic heterocycles. The highest BCUT2D eigenvalue weighted by Gasteiger charge is 2.66. The Kier molecular flexibility index (Phi) is 2.16. The molecular weight excluding hydrogens is 226 g/mol. The monoisotopic (exact) mass is 247 g/mol.